The number of carbonyl (C=O) groups is 2. The maximum Gasteiger partial charge on any atom is 0.313 e. The predicted octanol–water partition coefficient (Wildman–Crippen LogP) is 2.99. The molecule has 2 N–H and O–H groups in total. The molecule has 0 unspecified atom stereocenters. The van der Waals surface area contributed by atoms with Crippen LogP contribution in [0.25, 0.3) is 10.8 Å². The Morgan fingerprint density at radius 2 is 1.74 bits per heavy atom. The first kappa shape index (κ1) is 23.5. The molecule has 1 atom stereocenters. The van der Waals surface area contributed by atoms with Gasteiger partial charge in [0.05, 0.1) is 39.2 Å². The molecule has 3 aromatic carbocycles. The summed E-state index contributed by atoms with van der Waals surface area (Å²) < 4.78 is 16.0. The van der Waals surface area contributed by atoms with Crippen LogP contribution in [0.15, 0.2) is 60.7 Å². The average Bonchev–Trinajstić information content (AvgIpc) is 2.89. The molecule has 1 saturated heterocycles. The third-order valence-electron chi connectivity index (χ3n) is 5.99. The summed E-state index contributed by atoms with van der Waals surface area (Å²) >= 11 is 0. The maximum absolute atomic E-state index is 12.7. The molecule has 1 aliphatic heterocycles. The third kappa shape index (κ3) is 5.30. The number of rotatable bonds is 7. The zero-order chi connectivity index (χ0) is 23.9. The monoisotopic (exact) mass is 463 g/mol. The molecule has 4 rings (SSSR count). The van der Waals surface area contributed by atoms with E-state index < -0.39 is 11.8 Å². The molecule has 178 valence electrons. The molecule has 8 nitrogen and oxygen atoms in total. The van der Waals surface area contributed by atoms with Gasteiger partial charge in [-0.05, 0) is 28.5 Å². The Kier molecular flexibility index (Phi) is 7.61. The number of hydrogen-bond acceptors (Lipinski definition) is 6. The molecule has 0 spiro atoms. The SMILES string of the molecule is COc1ccc(OC)c(NC(=O)C(=O)NC[C@@H](c2cccc3ccccc23)N2CCOCC2)c1. The van der Waals surface area contributed by atoms with Gasteiger partial charge in [0.25, 0.3) is 0 Å². The van der Waals surface area contributed by atoms with Crippen LogP contribution >= 0.6 is 0 Å². The van der Waals surface area contributed by atoms with Crippen LogP contribution in [0.5, 0.6) is 11.5 Å². The Morgan fingerprint density at radius 3 is 2.50 bits per heavy atom. The van der Waals surface area contributed by atoms with Gasteiger partial charge in [0, 0.05) is 25.7 Å². The van der Waals surface area contributed by atoms with Crippen molar-refractivity contribution in [1.29, 1.82) is 0 Å². The molecule has 8 heteroatoms. The van der Waals surface area contributed by atoms with Gasteiger partial charge in [-0.15, -0.1) is 0 Å². The van der Waals surface area contributed by atoms with Gasteiger partial charge >= 0.3 is 11.8 Å². The summed E-state index contributed by atoms with van der Waals surface area (Å²) in [5.74, 6) is -0.516. The predicted molar refractivity (Wildman–Crippen MR) is 130 cm³/mol. The molecule has 0 saturated carbocycles. The first-order valence-electron chi connectivity index (χ1n) is 11.2. The highest BCUT2D eigenvalue weighted by atomic mass is 16.5. The van der Waals surface area contributed by atoms with Gasteiger partial charge in [-0.2, -0.15) is 0 Å². The van der Waals surface area contributed by atoms with Gasteiger partial charge in [-0.3, -0.25) is 14.5 Å². The number of amides is 2. The largest absolute Gasteiger partial charge is 0.497 e. The van der Waals surface area contributed by atoms with Crippen LogP contribution in [0, 0.1) is 0 Å². The summed E-state index contributed by atoms with van der Waals surface area (Å²) in [5.41, 5.74) is 1.47. The van der Waals surface area contributed by atoms with E-state index in [0.717, 1.165) is 29.4 Å². The number of hydrogen-bond donors (Lipinski definition) is 2. The van der Waals surface area contributed by atoms with Gasteiger partial charge in [-0.25, -0.2) is 0 Å². The molecule has 0 aromatic heterocycles. The highest BCUT2D eigenvalue weighted by Crippen LogP contribution is 2.30. The van der Waals surface area contributed by atoms with Crippen LogP contribution < -0.4 is 20.1 Å². The Balaban J connectivity index is 1.51. The molecular formula is C26H29N3O5. The van der Waals surface area contributed by atoms with E-state index in [-0.39, 0.29) is 12.6 Å². The Bertz CT molecular complexity index is 1150. The number of ether oxygens (including phenoxy) is 3. The molecule has 2 amide bonds. The van der Waals surface area contributed by atoms with E-state index in [1.807, 2.05) is 18.2 Å². The topological polar surface area (TPSA) is 89.1 Å². The summed E-state index contributed by atoms with van der Waals surface area (Å²) in [5, 5.41) is 7.70. The van der Waals surface area contributed by atoms with Crippen molar-refractivity contribution in [2.45, 2.75) is 6.04 Å². The molecule has 0 bridgehead atoms. The number of methoxy groups -OCH3 is 2. The van der Waals surface area contributed by atoms with E-state index >= 15 is 0 Å². The molecule has 0 aliphatic carbocycles. The number of morpholine rings is 1. The van der Waals surface area contributed by atoms with Crippen molar-refractivity contribution in [2.75, 3.05) is 52.4 Å². The van der Waals surface area contributed by atoms with Gasteiger partial charge in [0.1, 0.15) is 11.5 Å². The molecule has 0 radical (unpaired) electrons. The second-order valence-electron chi connectivity index (χ2n) is 7.96. The van der Waals surface area contributed by atoms with E-state index in [1.54, 1.807) is 18.2 Å². The summed E-state index contributed by atoms with van der Waals surface area (Å²) in [4.78, 5) is 27.7. The number of nitrogens with one attached hydrogen (secondary N) is 2. The molecule has 3 aromatic rings. The molecule has 1 heterocycles. The van der Waals surface area contributed by atoms with Crippen LogP contribution in [0.2, 0.25) is 0 Å². The Morgan fingerprint density at radius 1 is 0.971 bits per heavy atom. The lowest BCUT2D eigenvalue weighted by Gasteiger charge is -2.35. The summed E-state index contributed by atoms with van der Waals surface area (Å²) in [6.45, 7) is 3.04. The first-order chi connectivity index (χ1) is 16.6. The fourth-order valence-electron chi connectivity index (χ4n) is 4.23. The van der Waals surface area contributed by atoms with Crippen molar-refractivity contribution in [3.8, 4) is 11.5 Å². The highest BCUT2D eigenvalue weighted by Gasteiger charge is 2.26. The van der Waals surface area contributed by atoms with Crippen LogP contribution in [-0.4, -0.2) is 63.8 Å². The lowest BCUT2D eigenvalue weighted by molar-refractivity contribution is -0.136. The second kappa shape index (κ2) is 11.0. The minimum absolute atomic E-state index is 0.0990. The third-order valence-corrected chi connectivity index (χ3v) is 5.99. The zero-order valence-electron chi connectivity index (χ0n) is 19.4. The Labute approximate surface area is 198 Å². The molecule has 34 heavy (non-hydrogen) atoms. The number of carbonyl (C=O) groups excluding carboxylic acids is 2. The van der Waals surface area contributed by atoms with Crippen LogP contribution in [0.4, 0.5) is 5.69 Å². The summed E-state index contributed by atoms with van der Waals surface area (Å²) in [6, 6.07) is 19.2. The zero-order valence-corrected chi connectivity index (χ0v) is 19.4. The van der Waals surface area contributed by atoms with Crippen molar-refractivity contribution in [3.05, 3.63) is 66.2 Å². The quantitative estimate of drug-likeness (QED) is 0.524. The van der Waals surface area contributed by atoms with Crippen molar-refractivity contribution in [1.82, 2.24) is 10.2 Å². The van der Waals surface area contributed by atoms with E-state index in [9.17, 15) is 9.59 Å². The maximum atomic E-state index is 12.7. The van der Waals surface area contributed by atoms with Gasteiger partial charge in [-0.1, -0.05) is 42.5 Å². The van der Waals surface area contributed by atoms with Crippen molar-refractivity contribution < 1.29 is 23.8 Å². The normalized spacial score (nSPS) is 14.9. The molecular weight excluding hydrogens is 434 g/mol. The van der Waals surface area contributed by atoms with Crippen LogP contribution in [0.1, 0.15) is 11.6 Å². The fourth-order valence-corrected chi connectivity index (χ4v) is 4.23. The second-order valence-corrected chi connectivity index (χ2v) is 7.96. The summed E-state index contributed by atoms with van der Waals surface area (Å²) in [7, 11) is 3.02. The fraction of sp³-hybridized carbons (Fsp3) is 0.308. The number of benzene rings is 3. The van der Waals surface area contributed by atoms with E-state index in [0.29, 0.717) is 30.4 Å². The lowest BCUT2D eigenvalue weighted by Crippen LogP contribution is -2.45. The van der Waals surface area contributed by atoms with Gasteiger partial charge < -0.3 is 24.8 Å². The van der Waals surface area contributed by atoms with Gasteiger partial charge in [0.2, 0.25) is 0 Å². The highest BCUT2D eigenvalue weighted by molar-refractivity contribution is 6.39. The van der Waals surface area contributed by atoms with Crippen LogP contribution in [-0.2, 0) is 14.3 Å². The van der Waals surface area contributed by atoms with E-state index in [4.69, 9.17) is 14.2 Å². The van der Waals surface area contributed by atoms with Gasteiger partial charge in [0.15, 0.2) is 0 Å². The van der Waals surface area contributed by atoms with Crippen LogP contribution in [0.3, 0.4) is 0 Å². The molecule has 1 fully saturated rings. The van der Waals surface area contributed by atoms with Crippen molar-refractivity contribution in [3.63, 3.8) is 0 Å². The summed E-state index contributed by atoms with van der Waals surface area (Å²) in [6.07, 6.45) is 0. The smallest absolute Gasteiger partial charge is 0.313 e. The lowest BCUT2D eigenvalue weighted by atomic mass is 9.97. The number of fused-ring (bicyclic) bond motifs is 1. The number of nitrogens with zero attached hydrogens (tertiary/aromatic N) is 1. The minimum atomic E-state index is -0.773. The minimum Gasteiger partial charge on any atom is -0.497 e. The van der Waals surface area contributed by atoms with Crippen molar-refractivity contribution in [2.24, 2.45) is 0 Å². The standard InChI is InChI=1S/C26H29N3O5/c1-32-19-10-11-24(33-2)22(16-19)28-26(31)25(30)27-17-23(29-12-14-34-15-13-29)21-9-5-7-18-6-3-4-8-20(18)21/h3-11,16,23H,12-15,17H2,1-2H3,(H,27,30)(H,28,31)/t23-/m0/s1. The molecule has 1 aliphatic rings. The Hall–Kier alpha value is -3.62. The average molecular weight is 464 g/mol. The van der Waals surface area contributed by atoms with Crippen molar-refractivity contribution >= 4 is 28.3 Å². The van der Waals surface area contributed by atoms with E-state index in [1.165, 1.54) is 14.2 Å². The first-order valence-corrected chi connectivity index (χ1v) is 11.2. The number of anilines is 1. The van der Waals surface area contributed by atoms with E-state index in [2.05, 4.69) is 39.8 Å².